The molecule has 2 heterocycles. The fourth-order valence-electron chi connectivity index (χ4n) is 5.19. The minimum Gasteiger partial charge on any atom is -0.485 e. The summed E-state index contributed by atoms with van der Waals surface area (Å²) in [6.07, 6.45) is 6.62. The Morgan fingerprint density at radius 3 is 2.76 bits per heavy atom. The lowest BCUT2D eigenvalue weighted by Crippen LogP contribution is -2.23. The third-order valence-corrected chi connectivity index (χ3v) is 6.91. The van der Waals surface area contributed by atoms with E-state index in [0.717, 1.165) is 40.7 Å². The molecule has 2 aliphatic rings. The number of anilines is 1. The standard InChI is InChI=1S/C27H28N2O4/c1-32-27(31)22(15-30)20-14-25(24-13-21(20)26(29-24)18-8-3-2-4-9-18)33-16-19-12-11-17-7-5-6-10-23(17)28-19/h5-7,10-15,18,22,26,29H,2-4,8-9,16H2,1H3/t22?,26-/m0/s1. The number of fused-ring (bicyclic) bond motifs is 3. The van der Waals surface area contributed by atoms with Crippen LogP contribution in [0.1, 0.15) is 60.9 Å². The maximum absolute atomic E-state index is 12.4. The first-order valence-electron chi connectivity index (χ1n) is 11.6. The van der Waals surface area contributed by atoms with Gasteiger partial charge in [0, 0.05) is 5.39 Å². The molecule has 2 aromatic carbocycles. The van der Waals surface area contributed by atoms with Gasteiger partial charge in [0.1, 0.15) is 24.6 Å². The van der Waals surface area contributed by atoms with Crippen LogP contribution in [-0.4, -0.2) is 24.3 Å². The Morgan fingerprint density at radius 1 is 1.15 bits per heavy atom. The van der Waals surface area contributed by atoms with Crippen molar-refractivity contribution in [2.45, 2.75) is 50.7 Å². The predicted octanol–water partition coefficient (Wildman–Crippen LogP) is 5.32. The lowest BCUT2D eigenvalue weighted by Gasteiger charge is -2.29. The van der Waals surface area contributed by atoms with Crippen LogP contribution in [0.15, 0.2) is 48.5 Å². The van der Waals surface area contributed by atoms with Crippen molar-refractivity contribution in [1.29, 1.82) is 0 Å². The molecular formula is C27H28N2O4. The molecule has 1 aliphatic heterocycles. The number of pyridine rings is 1. The van der Waals surface area contributed by atoms with Gasteiger partial charge in [0.2, 0.25) is 0 Å². The molecule has 0 saturated heterocycles. The molecule has 1 fully saturated rings. The predicted molar refractivity (Wildman–Crippen MR) is 126 cm³/mol. The average molecular weight is 445 g/mol. The molecule has 0 spiro atoms. The van der Waals surface area contributed by atoms with Crippen molar-refractivity contribution in [3.8, 4) is 5.75 Å². The third-order valence-electron chi connectivity index (χ3n) is 6.91. The van der Waals surface area contributed by atoms with Crippen molar-refractivity contribution in [2.75, 3.05) is 12.4 Å². The monoisotopic (exact) mass is 444 g/mol. The van der Waals surface area contributed by atoms with Gasteiger partial charge in [-0.15, -0.1) is 0 Å². The summed E-state index contributed by atoms with van der Waals surface area (Å²) in [6.45, 7) is 0.288. The van der Waals surface area contributed by atoms with Gasteiger partial charge in [0.05, 0.1) is 30.0 Å². The highest BCUT2D eigenvalue weighted by atomic mass is 16.5. The molecule has 1 aromatic heterocycles. The van der Waals surface area contributed by atoms with Gasteiger partial charge in [-0.05, 0) is 54.2 Å². The quantitative estimate of drug-likeness (QED) is 0.302. The van der Waals surface area contributed by atoms with Crippen LogP contribution < -0.4 is 10.1 Å². The van der Waals surface area contributed by atoms with E-state index in [1.807, 2.05) is 48.5 Å². The lowest BCUT2D eigenvalue weighted by atomic mass is 9.80. The van der Waals surface area contributed by atoms with E-state index >= 15 is 0 Å². The number of para-hydroxylation sites is 1. The van der Waals surface area contributed by atoms with Gasteiger partial charge in [0.25, 0.3) is 0 Å². The molecule has 0 radical (unpaired) electrons. The minimum absolute atomic E-state index is 0.0820. The summed E-state index contributed by atoms with van der Waals surface area (Å²) in [5.41, 5.74) is 4.31. The second kappa shape index (κ2) is 9.22. The largest absolute Gasteiger partial charge is 0.485 e. The summed E-state index contributed by atoms with van der Waals surface area (Å²) < 4.78 is 11.1. The zero-order chi connectivity index (χ0) is 22.8. The van der Waals surface area contributed by atoms with E-state index in [1.54, 1.807) is 0 Å². The Bertz CT molecular complexity index is 1190. The van der Waals surface area contributed by atoms with Crippen LogP contribution in [0.2, 0.25) is 0 Å². The normalized spacial score (nSPS) is 18.5. The summed E-state index contributed by atoms with van der Waals surface area (Å²) >= 11 is 0. The molecule has 5 rings (SSSR count). The molecule has 3 aromatic rings. The van der Waals surface area contributed by atoms with Crippen molar-refractivity contribution in [3.63, 3.8) is 0 Å². The Hall–Kier alpha value is -3.41. The molecule has 1 saturated carbocycles. The van der Waals surface area contributed by atoms with Crippen molar-refractivity contribution in [1.82, 2.24) is 4.98 Å². The van der Waals surface area contributed by atoms with Gasteiger partial charge >= 0.3 is 5.97 Å². The van der Waals surface area contributed by atoms with E-state index in [-0.39, 0.29) is 12.6 Å². The van der Waals surface area contributed by atoms with E-state index in [1.165, 1.54) is 26.4 Å². The molecular weight excluding hydrogens is 416 g/mol. The van der Waals surface area contributed by atoms with E-state index in [4.69, 9.17) is 9.47 Å². The van der Waals surface area contributed by atoms with Gasteiger partial charge in [0.15, 0.2) is 0 Å². The van der Waals surface area contributed by atoms with E-state index in [0.29, 0.717) is 23.5 Å². The van der Waals surface area contributed by atoms with E-state index < -0.39 is 11.9 Å². The summed E-state index contributed by atoms with van der Waals surface area (Å²) in [5.74, 6) is -0.424. The zero-order valence-electron chi connectivity index (χ0n) is 18.8. The number of methoxy groups -OCH3 is 1. The lowest BCUT2D eigenvalue weighted by molar-refractivity contribution is -0.143. The fourth-order valence-corrected chi connectivity index (χ4v) is 5.19. The van der Waals surface area contributed by atoms with Crippen LogP contribution in [0.25, 0.3) is 10.9 Å². The van der Waals surface area contributed by atoms with Gasteiger partial charge < -0.3 is 19.6 Å². The Labute approximate surface area is 193 Å². The maximum atomic E-state index is 12.4. The maximum Gasteiger partial charge on any atom is 0.320 e. The van der Waals surface area contributed by atoms with Crippen molar-refractivity contribution in [3.05, 3.63) is 65.4 Å². The summed E-state index contributed by atoms with van der Waals surface area (Å²) in [4.78, 5) is 29.0. The van der Waals surface area contributed by atoms with Crippen LogP contribution in [0.5, 0.6) is 5.75 Å². The number of nitrogens with one attached hydrogen (secondary N) is 1. The van der Waals surface area contributed by atoms with Crippen LogP contribution >= 0.6 is 0 Å². The fraction of sp³-hybridized carbons (Fsp3) is 0.370. The van der Waals surface area contributed by atoms with Crippen LogP contribution in [0, 0.1) is 5.92 Å². The summed E-state index contributed by atoms with van der Waals surface area (Å²) in [7, 11) is 1.31. The van der Waals surface area contributed by atoms with Crippen LogP contribution in [-0.2, 0) is 20.9 Å². The summed E-state index contributed by atoms with van der Waals surface area (Å²) in [5, 5.41) is 4.71. The average Bonchev–Trinajstić information content (AvgIpc) is 3.25. The van der Waals surface area contributed by atoms with Gasteiger partial charge in [-0.2, -0.15) is 0 Å². The highest BCUT2D eigenvalue weighted by Gasteiger charge is 2.36. The number of carbonyl (C=O) groups excluding carboxylic acids is 2. The van der Waals surface area contributed by atoms with Gasteiger partial charge in [-0.25, -0.2) is 4.98 Å². The van der Waals surface area contributed by atoms with Crippen LogP contribution in [0.4, 0.5) is 5.69 Å². The topological polar surface area (TPSA) is 77.5 Å². The van der Waals surface area contributed by atoms with Gasteiger partial charge in [-0.1, -0.05) is 43.5 Å². The SMILES string of the molecule is COC(=O)C(C=O)c1cc(OCc2ccc3ccccc3n2)c2cc1[C@H](C1CCCCC1)N2. The highest BCUT2D eigenvalue weighted by molar-refractivity contribution is 5.95. The molecule has 1 aliphatic carbocycles. The Balaban J connectivity index is 1.45. The molecule has 1 unspecified atom stereocenters. The Morgan fingerprint density at radius 2 is 1.97 bits per heavy atom. The molecule has 6 heteroatoms. The van der Waals surface area contributed by atoms with Crippen LogP contribution in [0.3, 0.4) is 0 Å². The number of benzene rings is 2. The molecule has 2 atom stereocenters. The van der Waals surface area contributed by atoms with Crippen molar-refractivity contribution in [2.24, 2.45) is 5.92 Å². The molecule has 170 valence electrons. The number of hydrogen-bond acceptors (Lipinski definition) is 6. The number of aldehydes is 1. The number of nitrogens with zero attached hydrogens (tertiary/aromatic N) is 1. The number of hydrogen-bond donors (Lipinski definition) is 1. The molecule has 2 bridgehead atoms. The minimum atomic E-state index is -0.966. The third kappa shape index (κ3) is 4.17. The van der Waals surface area contributed by atoms with Crippen molar-refractivity contribution >= 4 is 28.8 Å². The second-order valence-electron chi connectivity index (χ2n) is 8.92. The Kier molecular flexibility index (Phi) is 5.99. The highest BCUT2D eigenvalue weighted by Crippen LogP contribution is 2.48. The first-order valence-corrected chi connectivity index (χ1v) is 11.6. The first-order chi connectivity index (χ1) is 16.2. The first kappa shape index (κ1) is 21.4. The molecule has 6 nitrogen and oxygen atoms in total. The van der Waals surface area contributed by atoms with E-state index in [2.05, 4.69) is 10.3 Å². The number of rotatable bonds is 7. The molecule has 33 heavy (non-hydrogen) atoms. The smallest absolute Gasteiger partial charge is 0.320 e. The molecule has 1 N–H and O–H groups in total. The molecule has 0 amide bonds. The number of aromatic nitrogens is 1. The zero-order valence-corrected chi connectivity index (χ0v) is 18.8. The van der Waals surface area contributed by atoms with Gasteiger partial charge in [-0.3, -0.25) is 4.79 Å². The van der Waals surface area contributed by atoms with E-state index in [9.17, 15) is 9.59 Å². The number of ether oxygens (including phenoxy) is 2. The summed E-state index contributed by atoms with van der Waals surface area (Å²) in [6, 6.07) is 15.9. The number of esters is 1. The number of carbonyl (C=O) groups is 2. The van der Waals surface area contributed by atoms with Crippen molar-refractivity contribution < 1.29 is 19.1 Å². The second-order valence-corrected chi connectivity index (χ2v) is 8.92.